The van der Waals surface area contributed by atoms with E-state index in [9.17, 15) is 5.11 Å². The van der Waals surface area contributed by atoms with Crippen molar-refractivity contribution in [3.05, 3.63) is 0 Å². The maximum atomic E-state index is 9.29. The van der Waals surface area contributed by atoms with Gasteiger partial charge in [0.1, 0.15) is 0 Å². The van der Waals surface area contributed by atoms with Crippen LogP contribution >= 0.6 is 0 Å². The van der Waals surface area contributed by atoms with E-state index < -0.39 is 0 Å². The molecule has 3 saturated carbocycles. The second-order valence-electron chi connectivity index (χ2n) is 5.42. The molecule has 4 atom stereocenters. The van der Waals surface area contributed by atoms with E-state index in [1.54, 1.807) is 0 Å². The van der Waals surface area contributed by atoms with Gasteiger partial charge in [0.2, 0.25) is 0 Å². The van der Waals surface area contributed by atoms with Crippen molar-refractivity contribution in [2.24, 2.45) is 29.1 Å². The molecule has 3 rings (SSSR count). The fourth-order valence-corrected chi connectivity index (χ4v) is 3.51. The van der Waals surface area contributed by atoms with Crippen LogP contribution in [0.25, 0.3) is 0 Å². The van der Waals surface area contributed by atoms with Crippen molar-refractivity contribution in [3.8, 4) is 0 Å². The van der Waals surface area contributed by atoms with Crippen LogP contribution in [0.3, 0.4) is 0 Å². The van der Waals surface area contributed by atoms with Gasteiger partial charge in [-0.1, -0.05) is 20.8 Å². The fraction of sp³-hybridized carbons (Fsp3) is 1.00. The molecule has 0 aromatic carbocycles. The summed E-state index contributed by atoms with van der Waals surface area (Å²) in [7, 11) is 0. The predicted molar refractivity (Wildman–Crippen MR) is 49.7 cm³/mol. The minimum absolute atomic E-state index is 0.405. The molecule has 3 aliphatic rings. The molecule has 70 valence electrons. The van der Waals surface area contributed by atoms with Crippen LogP contribution in [-0.2, 0) is 0 Å². The van der Waals surface area contributed by atoms with Gasteiger partial charge in [-0.25, -0.2) is 0 Å². The van der Waals surface area contributed by atoms with Gasteiger partial charge in [0.25, 0.3) is 0 Å². The summed E-state index contributed by atoms with van der Waals surface area (Å²) in [6.07, 6.45) is 2.72. The van der Waals surface area contributed by atoms with Crippen molar-refractivity contribution in [3.63, 3.8) is 0 Å². The van der Waals surface area contributed by atoms with E-state index in [1.165, 1.54) is 12.8 Å². The van der Waals surface area contributed by atoms with E-state index >= 15 is 0 Å². The second kappa shape index (κ2) is 2.47. The molecule has 3 aliphatic carbocycles. The standard InChI is InChI=1S/C11H20O/c1-7-4-8-5-10(9(7)6-12)11(8,2)3/h7-10,12H,4-6H2,1-3H3. The van der Waals surface area contributed by atoms with Crippen LogP contribution in [0.4, 0.5) is 0 Å². The number of rotatable bonds is 1. The summed E-state index contributed by atoms with van der Waals surface area (Å²) < 4.78 is 0. The Morgan fingerprint density at radius 2 is 2.00 bits per heavy atom. The Morgan fingerprint density at radius 1 is 1.33 bits per heavy atom. The highest BCUT2D eigenvalue weighted by Gasteiger charge is 2.56. The van der Waals surface area contributed by atoms with Gasteiger partial charge >= 0.3 is 0 Å². The number of fused-ring (bicyclic) bond motifs is 2. The lowest BCUT2D eigenvalue weighted by molar-refractivity contribution is -0.142. The molecule has 0 spiro atoms. The topological polar surface area (TPSA) is 20.2 Å². The number of hydrogen-bond acceptors (Lipinski definition) is 1. The Labute approximate surface area is 75.2 Å². The predicted octanol–water partition coefficient (Wildman–Crippen LogP) is 2.30. The van der Waals surface area contributed by atoms with Gasteiger partial charge in [0.15, 0.2) is 0 Å². The molecule has 0 saturated heterocycles. The lowest BCUT2D eigenvalue weighted by atomic mass is 9.43. The first kappa shape index (κ1) is 8.55. The molecule has 1 heteroatoms. The lowest BCUT2D eigenvalue weighted by Crippen LogP contribution is -2.56. The Bertz CT molecular complexity index is 185. The zero-order chi connectivity index (χ0) is 8.93. The molecule has 2 bridgehead atoms. The molecule has 4 unspecified atom stereocenters. The monoisotopic (exact) mass is 168 g/mol. The van der Waals surface area contributed by atoms with E-state index in [4.69, 9.17) is 0 Å². The van der Waals surface area contributed by atoms with Gasteiger partial charge in [-0.05, 0) is 41.9 Å². The first-order valence-electron chi connectivity index (χ1n) is 5.18. The SMILES string of the molecule is CC1CC2CC(C1CO)C2(C)C. The van der Waals surface area contributed by atoms with Crippen LogP contribution < -0.4 is 0 Å². The van der Waals surface area contributed by atoms with Crippen molar-refractivity contribution in [1.29, 1.82) is 0 Å². The fourth-order valence-electron chi connectivity index (χ4n) is 3.51. The van der Waals surface area contributed by atoms with Crippen LogP contribution in [-0.4, -0.2) is 11.7 Å². The van der Waals surface area contributed by atoms with Crippen molar-refractivity contribution in [2.45, 2.75) is 33.6 Å². The zero-order valence-electron chi connectivity index (χ0n) is 8.38. The highest BCUT2D eigenvalue weighted by Crippen LogP contribution is 2.62. The van der Waals surface area contributed by atoms with Gasteiger partial charge < -0.3 is 5.11 Å². The van der Waals surface area contributed by atoms with Crippen LogP contribution in [0.2, 0.25) is 0 Å². The van der Waals surface area contributed by atoms with Crippen molar-refractivity contribution >= 4 is 0 Å². The molecular weight excluding hydrogens is 148 g/mol. The number of aliphatic hydroxyl groups excluding tert-OH is 1. The molecule has 0 aromatic rings. The van der Waals surface area contributed by atoms with E-state index in [0.717, 1.165) is 17.8 Å². The molecule has 1 nitrogen and oxygen atoms in total. The largest absolute Gasteiger partial charge is 0.396 e. The molecular formula is C11H20O. The molecule has 0 amide bonds. The van der Waals surface area contributed by atoms with Crippen molar-refractivity contribution in [2.75, 3.05) is 6.61 Å². The van der Waals surface area contributed by atoms with E-state index in [2.05, 4.69) is 20.8 Å². The lowest BCUT2D eigenvalue weighted by Gasteiger charge is -2.62. The Morgan fingerprint density at radius 3 is 2.42 bits per heavy atom. The molecule has 3 fully saturated rings. The van der Waals surface area contributed by atoms with Gasteiger partial charge in [0, 0.05) is 6.61 Å². The average molecular weight is 168 g/mol. The smallest absolute Gasteiger partial charge is 0.0464 e. The van der Waals surface area contributed by atoms with Crippen LogP contribution in [0.1, 0.15) is 33.6 Å². The Kier molecular flexibility index (Phi) is 1.76. The number of aliphatic hydroxyl groups is 1. The van der Waals surface area contributed by atoms with E-state index in [0.29, 0.717) is 17.9 Å². The maximum absolute atomic E-state index is 9.29. The summed E-state index contributed by atoms with van der Waals surface area (Å²) in [6, 6.07) is 0. The van der Waals surface area contributed by atoms with Gasteiger partial charge in [0.05, 0.1) is 0 Å². The maximum Gasteiger partial charge on any atom is 0.0464 e. The summed E-state index contributed by atoms with van der Waals surface area (Å²) in [5.41, 5.74) is 0.528. The Balaban J connectivity index is 2.15. The summed E-state index contributed by atoms with van der Waals surface area (Å²) in [6.45, 7) is 7.46. The Hall–Kier alpha value is -0.0400. The van der Waals surface area contributed by atoms with Gasteiger partial charge in [-0.2, -0.15) is 0 Å². The number of hydrogen-bond donors (Lipinski definition) is 1. The van der Waals surface area contributed by atoms with Crippen molar-refractivity contribution < 1.29 is 5.11 Å². The van der Waals surface area contributed by atoms with Crippen LogP contribution in [0.5, 0.6) is 0 Å². The minimum atomic E-state index is 0.405. The third-order valence-corrected chi connectivity index (χ3v) is 4.66. The quantitative estimate of drug-likeness (QED) is 0.637. The van der Waals surface area contributed by atoms with E-state index in [-0.39, 0.29) is 0 Å². The van der Waals surface area contributed by atoms with Crippen LogP contribution in [0.15, 0.2) is 0 Å². The molecule has 1 N–H and O–H groups in total. The first-order valence-corrected chi connectivity index (χ1v) is 5.18. The zero-order valence-corrected chi connectivity index (χ0v) is 8.38. The molecule has 0 aromatic heterocycles. The second-order valence-corrected chi connectivity index (χ2v) is 5.42. The third-order valence-electron chi connectivity index (χ3n) is 4.66. The minimum Gasteiger partial charge on any atom is -0.396 e. The highest BCUT2D eigenvalue weighted by molar-refractivity contribution is 5.04. The van der Waals surface area contributed by atoms with Crippen LogP contribution in [0, 0.1) is 29.1 Å². The molecule has 0 aliphatic heterocycles. The van der Waals surface area contributed by atoms with Gasteiger partial charge in [-0.3, -0.25) is 0 Å². The molecule has 12 heavy (non-hydrogen) atoms. The van der Waals surface area contributed by atoms with Gasteiger partial charge in [-0.15, -0.1) is 0 Å². The summed E-state index contributed by atoms with van der Waals surface area (Å²) in [4.78, 5) is 0. The average Bonchev–Trinajstić information content (AvgIpc) is 2.03. The summed E-state index contributed by atoms with van der Waals surface area (Å²) >= 11 is 0. The molecule has 0 radical (unpaired) electrons. The molecule has 0 heterocycles. The summed E-state index contributed by atoms with van der Waals surface area (Å²) in [5.74, 6) is 3.09. The summed E-state index contributed by atoms with van der Waals surface area (Å²) in [5, 5.41) is 9.29. The first-order chi connectivity index (χ1) is 5.57. The third kappa shape index (κ3) is 0.891. The normalized spacial score (nSPS) is 50.0. The van der Waals surface area contributed by atoms with Crippen molar-refractivity contribution in [1.82, 2.24) is 0 Å². The highest BCUT2D eigenvalue weighted by atomic mass is 16.3. The van der Waals surface area contributed by atoms with E-state index in [1.807, 2.05) is 0 Å².